The van der Waals surface area contributed by atoms with E-state index in [1.807, 2.05) is 0 Å². The van der Waals surface area contributed by atoms with E-state index in [9.17, 15) is 60.7 Å². The van der Waals surface area contributed by atoms with Crippen molar-refractivity contribution in [2.75, 3.05) is 14.2 Å². The number of ether oxygens (including phenoxy) is 2. The van der Waals surface area contributed by atoms with Gasteiger partial charge in [-0.25, -0.2) is 0 Å². The minimum Gasteiger partial charge on any atom is -0.501 e. The standard InChI is InChI=1S/C13H14N6O14/c1-32-10-4-8(12(14(20)21,15(22)23)16(24)25)7-3-6(10)9(5-11(7)33-2)13(17(26)27,18(28)29)19(30)31/h4-9H,3H2,1-2H3. The van der Waals surface area contributed by atoms with Crippen molar-refractivity contribution in [3.8, 4) is 0 Å². The van der Waals surface area contributed by atoms with E-state index < -0.39 is 82.7 Å². The summed E-state index contributed by atoms with van der Waals surface area (Å²) in [5.74, 6) is -16.8. The van der Waals surface area contributed by atoms with E-state index in [0.717, 1.165) is 14.2 Å². The Labute approximate surface area is 180 Å². The molecule has 0 aromatic carbocycles. The highest BCUT2D eigenvalue weighted by molar-refractivity contribution is 5.25. The molecule has 180 valence electrons. The normalized spacial score (nSPS) is 24.5. The van der Waals surface area contributed by atoms with Crippen molar-refractivity contribution in [2.24, 2.45) is 23.7 Å². The lowest BCUT2D eigenvalue weighted by Crippen LogP contribution is -2.64. The van der Waals surface area contributed by atoms with Crippen LogP contribution in [0.15, 0.2) is 23.7 Å². The summed E-state index contributed by atoms with van der Waals surface area (Å²) >= 11 is 0. The predicted molar refractivity (Wildman–Crippen MR) is 96.2 cm³/mol. The smallest absolute Gasteiger partial charge is 0.501 e. The summed E-state index contributed by atoms with van der Waals surface area (Å²) in [6, 6.07) is 0. The minimum absolute atomic E-state index is 0.566. The molecular weight excluding hydrogens is 464 g/mol. The first kappa shape index (κ1) is 24.7. The fourth-order valence-corrected chi connectivity index (χ4v) is 4.32. The second-order valence-electron chi connectivity index (χ2n) is 6.96. The van der Waals surface area contributed by atoms with Gasteiger partial charge in [0.25, 0.3) is 0 Å². The number of hydrogen-bond acceptors (Lipinski definition) is 14. The molecule has 2 bridgehead atoms. The molecule has 4 atom stereocenters. The summed E-state index contributed by atoms with van der Waals surface area (Å²) in [5.41, 5.74) is 0. The van der Waals surface area contributed by atoms with Gasteiger partial charge in [0.1, 0.15) is 0 Å². The molecular formula is C13H14N6O14. The second kappa shape index (κ2) is 8.20. The second-order valence-corrected chi connectivity index (χ2v) is 6.96. The van der Waals surface area contributed by atoms with E-state index in [1.54, 1.807) is 0 Å². The fourth-order valence-electron chi connectivity index (χ4n) is 4.32. The fraction of sp³-hybridized carbons (Fsp3) is 0.692. The number of nitro groups is 6. The Balaban J connectivity index is 2.88. The summed E-state index contributed by atoms with van der Waals surface area (Å²) in [4.78, 5) is 59.0. The Bertz CT molecular complexity index is 855. The molecule has 0 amide bonds. The molecule has 20 nitrogen and oxygen atoms in total. The molecule has 0 radical (unpaired) electrons. The maximum atomic E-state index is 11.6. The SMILES string of the molecule is COC1=CC(C([N+](=O)[O-])([N+](=O)[O-])[N+](=O)[O-])C2CC1C(C([N+](=O)[O-])([N+](=O)[O-])[N+](=O)[O-])C=C2OC. The topological polar surface area (TPSA) is 277 Å². The average Bonchev–Trinajstić information content (AvgIpc) is 2.69. The van der Waals surface area contributed by atoms with Crippen molar-refractivity contribution in [3.05, 3.63) is 84.4 Å². The summed E-state index contributed by atoms with van der Waals surface area (Å²) in [6.07, 6.45) is 0.441. The molecule has 0 saturated heterocycles. The van der Waals surface area contributed by atoms with Gasteiger partial charge in [-0.1, -0.05) is 0 Å². The van der Waals surface area contributed by atoms with Crippen molar-refractivity contribution in [1.82, 2.24) is 0 Å². The molecule has 0 aromatic rings. The van der Waals surface area contributed by atoms with Gasteiger partial charge in [0.05, 0.1) is 25.7 Å². The molecule has 33 heavy (non-hydrogen) atoms. The molecule has 2 aliphatic carbocycles. The van der Waals surface area contributed by atoms with Gasteiger partial charge in [0.15, 0.2) is 29.5 Å². The van der Waals surface area contributed by atoms with Crippen LogP contribution in [0.4, 0.5) is 0 Å². The Morgan fingerprint density at radius 3 is 1.06 bits per heavy atom. The number of allylic oxidation sites excluding steroid dienone is 2. The van der Waals surface area contributed by atoms with Crippen LogP contribution in [0, 0.1) is 84.4 Å². The lowest BCUT2D eigenvalue weighted by atomic mass is 9.64. The van der Waals surface area contributed by atoms with Crippen LogP contribution in [-0.2, 0) is 9.47 Å². The van der Waals surface area contributed by atoms with Gasteiger partial charge in [-0.3, -0.25) is 60.7 Å². The number of methoxy groups -OCH3 is 2. The molecule has 0 heterocycles. The first-order chi connectivity index (χ1) is 15.3. The third-order valence-electron chi connectivity index (χ3n) is 5.77. The largest absolute Gasteiger partial charge is 0.706 e. The number of hydrogen-bond donors (Lipinski definition) is 0. The molecule has 2 rings (SSSR count). The molecule has 0 aromatic heterocycles. The molecule has 4 unspecified atom stereocenters. The highest BCUT2D eigenvalue weighted by atomic mass is 16.7. The van der Waals surface area contributed by atoms with Crippen LogP contribution in [-0.4, -0.2) is 55.3 Å². The van der Waals surface area contributed by atoms with E-state index in [0.29, 0.717) is 12.2 Å². The summed E-state index contributed by atoms with van der Waals surface area (Å²) in [7, 11) is 1.77. The maximum Gasteiger partial charge on any atom is 0.706 e. The van der Waals surface area contributed by atoms with Crippen LogP contribution in [0.2, 0.25) is 0 Å². The van der Waals surface area contributed by atoms with E-state index in [1.165, 1.54) is 0 Å². The summed E-state index contributed by atoms with van der Waals surface area (Å²) in [6.45, 7) is 0. The highest BCUT2D eigenvalue weighted by Crippen LogP contribution is 2.52. The Hall–Kier alpha value is -4.52. The molecule has 20 heteroatoms. The Kier molecular flexibility index (Phi) is 6.15. The van der Waals surface area contributed by atoms with Gasteiger partial charge in [0.2, 0.25) is 11.8 Å². The van der Waals surface area contributed by atoms with Crippen LogP contribution >= 0.6 is 0 Å². The zero-order valence-electron chi connectivity index (χ0n) is 16.6. The van der Waals surface area contributed by atoms with Crippen molar-refractivity contribution < 1.29 is 39.0 Å². The quantitative estimate of drug-likeness (QED) is 0.225. The number of nitrogens with zero attached hydrogens (tertiary/aromatic N) is 6. The zero-order valence-corrected chi connectivity index (χ0v) is 16.6. The predicted octanol–water partition coefficient (Wildman–Crippen LogP) is -0.103. The van der Waals surface area contributed by atoms with Gasteiger partial charge in [0, 0.05) is 11.8 Å². The van der Waals surface area contributed by atoms with Crippen molar-refractivity contribution in [1.29, 1.82) is 0 Å². The first-order valence-corrected chi connectivity index (χ1v) is 8.64. The Morgan fingerprint density at radius 2 is 0.879 bits per heavy atom. The van der Waals surface area contributed by atoms with E-state index in [-0.39, 0.29) is 0 Å². The third kappa shape index (κ3) is 3.13. The molecule has 0 saturated carbocycles. The molecule has 0 aliphatic heterocycles. The van der Waals surface area contributed by atoms with Crippen molar-refractivity contribution in [3.63, 3.8) is 0 Å². The van der Waals surface area contributed by atoms with Gasteiger partial charge in [-0.2, -0.15) is 0 Å². The van der Waals surface area contributed by atoms with E-state index in [4.69, 9.17) is 9.47 Å². The molecule has 0 fully saturated rings. The highest BCUT2D eigenvalue weighted by Gasteiger charge is 2.82. The van der Waals surface area contributed by atoms with Crippen LogP contribution in [0.5, 0.6) is 0 Å². The van der Waals surface area contributed by atoms with Gasteiger partial charge in [-0.15, -0.1) is 0 Å². The number of fused-ring (bicyclic) bond motifs is 2. The van der Waals surface area contributed by atoms with Crippen LogP contribution < -0.4 is 0 Å². The first-order valence-electron chi connectivity index (χ1n) is 8.64. The van der Waals surface area contributed by atoms with Gasteiger partial charge >= 0.3 is 11.6 Å². The zero-order chi connectivity index (χ0) is 25.5. The van der Waals surface area contributed by atoms with Gasteiger partial charge < -0.3 is 9.47 Å². The van der Waals surface area contributed by atoms with Crippen molar-refractivity contribution in [2.45, 2.75) is 18.0 Å². The van der Waals surface area contributed by atoms with Gasteiger partial charge in [-0.05, 0) is 18.6 Å². The summed E-state index contributed by atoms with van der Waals surface area (Å²) < 4.78 is 9.86. The van der Waals surface area contributed by atoms with Crippen molar-refractivity contribution >= 4 is 0 Å². The molecule has 0 spiro atoms. The van der Waals surface area contributed by atoms with E-state index in [2.05, 4.69) is 0 Å². The molecule has 2 aliphatic rings. The summed E-state index contributed by atoms with van der Waals surface area (Å²) in [5, 5.41) is 69.4. The lowest BCUT2D eigenvalue weighted by Gasteiger charge is -2.39. The molecule has 0 N–H and O–H groups in total. The monoisotopic (exact) mass is 478 g/mol. The van der Waals surface area contributed by atoms with Crippen LogP contribution in [0.3, 0.4) is 0 Å². The lowest BCUT2D eigenvalue weighted by molar-refractivity contribution is -0.979. The third-order valence-corrected chi connectivity index (χ3v) is 5.77. The number of rotatable bonds is 10. The van der Waals surface area contributed by atoms with E-state index >= 15 is 0 Å². The minimum atomic E-state index is -4.05. The average molecular weight is 478 g/mol. The van der Waals surface area contributed by atoms with Crippen LogP contribution in [0.1, 0.15) is 6.42 Å². The Morgan fingerprint density at radius 1 is 0.636 bits per heavy atom. The van der Waals surface area contributed by atoms with Crippen LogP contribution in [0.25, 0.3) is 0 Å². The maximum absolute atomic E-state index is 11.6.